The van der Waals surface area contributed by atoms with E-state index in [4.69, 9.17) is 11.6 Å². The summed E-state index contributed by atoms with van der Waals surface area (Å²) < 4.78 is 2.32. The van der Waals surface area contributed by atoms with Crippen LogP contribution in [0.5, 0.6) is 0 Å². The number of nitrogens with one attached hydrogen (secondary N) is 1. The predicted octanol–water partition coefficient (Wildman–Crippen LogP) is 5.74. The van der Waals surface area contributed by atoms with Crippen LogP contribution >= 0.6 is 22.9 Å². The fraction of sp³-hybridized carbons (Fsp3) is 0.423. The highest BCUT2D eigenvalue weighted by molar-refractivity contribution is 7.15. The number of hydrogen-bond acceptors (Lipinski definition) is 3. The van der Waals surface area contributed by atoms with Crippen LogP contribution in [-0.4, -0.2) is 40.0 Å². The quantitative estimate of drug-likeness (QED) is 0.508. The number of fused-ring (bicyclic) bond motifs is 5. The summed E-state index contributed by atoms with van der Waals surface area (Å²) >= 11 is 8.11. The number of aromatic nitrogens is 1. The van der Waals surface area contributed by atoms with Crippen LogP contribution in [-0.2, 0) is 19.5 Å². The fourth-order valence-electron chi connectivity index (χ4n) is 5.68. The molecule has 1 atom stereocenters. The zero-order chi connectivity index (χ0) is 22.5. The molecule has 1 saturated carbocycles. The molecule has 0 saturated heterocycles. The first kappa shape index (κ1) is 21.3. The summed E-state index contributed by atoms with van der Waals surface area (Å²) in [5.41, 5.74) is 4.98. The number of thiophene rings is 1. The molecule has 3 aromatic rings. The number of carbonyl (C=O) groups is 1. The minimum absolute atomic E-state index is 0.0373. The summed E-state index contributed by atoms with van der Waals surface area (Å²) in [7, 11) is 2.19. The van der Waals surface area contributed by atoms with Crippen molar-refractivity contribution < 1.29 is 4.79 Å². The van der Waals surface area contributed by atoms with E-state index in [0.29, 0.717) is 11.6 Å². The van der Waals surface area contributed by atoms with Gasteiger partial charge in [-0.3, -0.25) is 0 Å². The third-order valence-electron chi connectivity index (χ3n) is 7.38. The molecule has 0 radical (unpaired) electrons. The number of hydrogen-bond donors (Lipinski definition) is 1. The highest BCUT2D eigenvalue weighted by Gasteiger charge is 2.37. The van der Waals surface area contributed by atoms with Crippen molar-refractivity contribution in [3.63, 3.8) is 0 Å². The SMILES string of the molecule is CN1CCc2c(sc3c2CN(C(=O)NC2CCCC2)[C@H](c2ccc(Cl)cc2)c2cccn2-3)C1. The monoisotopic (exact) mass is 480 g/mol. The summed E-state index contributed by atoms with van der Waals surface area (Å²) in [5, 5.41) is 5.35. The maximum absolute atomic E-state index is 13.8. The van der Waals surface area contributed by atoms with Gasteiger partial charge in [0.05, 0.1) is 18.3 Å². The van der Waals surface area contributed by atoms with Crippen molar-refractivity contribution in [3.8, 4) is 5.00 Å². The molecule has 2 aliphatic heterocycles. The Bertz CT molecular complexity index is 1180. The normalized spacial score (nSPS) is 20.8. The molecule has 2 aromatic heterocycles. The lowest BCUT2D eigenvalue weighted by Gasteiger charge is -2.32. The van der Waals surface area contributed by atoms with E-state index in [1.165, 1.54) is 33.8 Å². The van der Waals surface area contributed by atoms with Crippen molar-refractivity contribution >= 4 is 29.0 Å². The summed E-state index contributed by atoms with van der Waals surface area (Å²) in [6.45, 7) is 2.67. The fourth-order valence-corrected chi connectivity index (χ4v) is 7.24. The standard InChI is InChI=1S/C26H29ClN4OS/c1-29-14-12-20-21-15-31(26(32)28-19-5-2-3-6-19)24(17-8-10-18(27)11-9-17)22-7-4-13-30(22)25(21)33-23(20)16-29/h4,7-11,13,19,24H,2-3,5-6,12,14-16H2,1H3,(H,28,32)/t24-/m1/s1. The molecule has 0 spiro atoms. The number of likely N-dealkylation sites (N-methyl/N-ethyl adjacent to an activating group) is 1. The van der Waals surface area contributed by atoms with Crippen molar-refractivity contribution in [2.24, 2.45) is 0 Å². The molecular formula is C26H29ClN4OS. The molecule has 0 bridgehead atoms. The van der Waals surface area contributed by atoms with Gasteiger partial charge in [-0.25, -0.2) is 4.79 Å². The summed E-state index contributed by atoms with van der Waals surface area (Å²) in [6.07, 6.45) is 7.74. The number of rotatable bonds is 2. The third kappa shape index (κ3) is 3.78. The lowest BCUT2D eigenvalue weighted by molar-refractivity contribution is 0.176. The Hall–Kier alpha value is -2.28. The van der Waals surface area contributed by atoms with Crippen LogP contribution in [0.1, 0.15) is 59.0 Å². The van der Waals surface area contributed by atoms with Crippen LogP contribution < -0.4 is 5.32 Å². The van der Waals surface area contributed by atoms with Crippen molar-refractivity contribution in [1.29, 1.82) is 0 Å². The number of nitrogens with zero attached hydrogens (tertiary/aromatic N) is 3. The van der Waals surface area contributed by atoms with Crippen LogP contribution in [0.4, 0.5) is 4.79 Å². The van der Waals surface area contributed by atoms with Crippen LogP contribution in [0.25, 0.3) is 5.00 Å². The smallest absolute Gasteiger partial charge is 0.318 e. The Morgan fingerprint density at radius 3 is 2.67 bits per heavy atom. The minimum Gasteiger partial charge on any atom is -0.335 e. The van der Waals surface area contributed by atoms with E-state index in [0.717, 1.165) is 43.6 Å². The van der Waals surface area contributed by atoms with Crippen LogP contribution in [0, 0.1) is 0 Å². The van der Waals surface area contributed by atoms with Gasteiger partial charge in [-0.1, -0.05) is 36.6 Å². The Morgan fingerprint density at radius 2 is 1.88 bits per heavy atom. The maximum atomic E-state index is 13.8. The van der Waals surface area contributed by atoms with E-state index in [-0.39, 0.29) is 18.1 Å². The molecule has 33 heavy (non-hydrogen) atoms. The lowest BCUT2D eigenvalue weighted by Crippen LogP contribution is -2.45. The van der Waals surface area contributed by atoms with Crippen molar-refractivity contribution in [2.75, 3.05) is 13.6 Å². The molecule has 7 heteroatoms. The second-order valence-electron chi connectivity index (χ2n) is 9.59. The molecule has 2 amide bonds. The van der Waals surface area contributed by atoms with E-state index in [1.54, 1.807) is 0 Å². The van der Waals surface area contributed by atoms with Gasteiger partial charge in [-0.2, -0.15) is 0 Å². The Labute approximate surface area is 204 Å². The van der Waals surface area contributed by atoms with Crippen molar-refractivity contribution in [2.45, 2.75) is 57.3 Å². The Morgan fingerprint density at radius 1 is 1.09 bits per heavy atom. The predicted molar refractivity (Wildman–Crippen MR) is 133 cm³/mol. The first-order valence-corrected chi connectivity index (χ1v) is 13.1. The van der Waals surface area contributed by atoms with Crippen molar-refractivity contribution in [1.82, 2.24) is 19.7 Å². The molecule has 3 aliphatic rings. The van der Waals surface area contributed by atoms with E-state index >= 15 is 0 Å². The second-order valence-corrected chi connectivity index (χ2v) is 11.1. The average Bonchev–Trinajstić information content (AvgIpc) is 3.53. The second kappa shape index (κ2) is 8.49. The molecule has 1 N–H and O–H groups in total. The highest BCUT2D eigenvalue weighted by atomic mass is 35.5. The molecule has 4 heterocycles. The molecule has 172 valence electrons. The van der Waals surface area contributed by atoms with Gasteiger partial charge in [-0.15, -0.1) is 11.3 Å². The zero-order valence-corrected chi connectivity index (χ0v) is 20.5. The molecule has 1 fully saturated rings. The molecular weight excluding hydrogens is 452 g/mol. The molecule has 6 rings (SSSR count). The molecule has 1 aliphatic carbocycles. The van der Waals surface area contributed by atoms with Crippen molar-refractivity contribution in [3.05, 3.63) is 74.9 Å². The molecule has 1 aromatic carbocycles. The highest BCUT2D eigenvalue weighted by Crippen LogP contribution is 2.43. The van der Waals surface area contributed by atoms with Gasteiger partial charge >= 0.3 is 6.03 Å². The number of urea groups is 1. The lowest BCUT2D eigenvalue weighted by atomic mass is 10.0. The van der Waals surface area contributed by atoms with Crippen LogP contribution in [0.2, 0.25) is 5.02 Å². The minimum atomic E-state index is -0.166. The number of halogens is 1. The van der Waals surface area contributed by atoms with Crippen LogP contribution in [0.15, 0.2) is 42.6 Å². The summed E-state index contributed by atoms with van der Waals surface area (Å²) in [5.74, 6) is 0. The largest absolute Gasteiger partial charge is 0.335 e. The van der Waals surface area contributed by atoms with Gasteiger partial charge in [0.1, 0.15) is 5.00 Å². The zero-order valence-electron chi connectivity index (χ0n) is 18.9. The number of benzene rings is 1. The van der Waals surface area contributed by atoms with Gasteiger partial charge in [0.15, 0.2) is 0 Å². The van der Waals surface area contributed by atoms with E-state index < -0.39 is 0 Å². The number of carbonyl (C=O) groups excluding carboxylic acids is 1. The van der Waals surface area contributed by atoms with Gasteiger partial charge in [0.25, 0.3) is 0 Å². The van der Waals surface area contributed by atoms with Gasteiger partial charge in [-0.05, 0) is 61.7 Å². The third-order valence-corrected chi connectivity index (χ3v) is 8.90. The molecule has 5 nitrogen and oxygen atoms in total. The van der Waals surface area contributed by atoms with Gasteiger partial charge < -0.3 is 19.7 Å². The van der Waals surface area contributed by atoms with Gasteiger partial charge in [0.2, 0.25) is 0 Å². The Kier molecular flexibility index (Phi) is 5.47. The molecule has 0 unspecified atom stereocenters. The van der Waals surface area contributed by atoms with E-state index in [2.05, 4.69) is 57.2 Å². The first-order chi connectivity index (χ1) is 16.1. The summed E-state index contributed by atoms with van der Waals surface area (Å²) in [4.78, 5) is 19.7. The number of amides is 2. The van der Waals surface area contributed by atoms with E-state index in [1.807, 2.05) is 23.5 Å². The Balaban J connectivity index is 1.48. The first-order valence-electron chi connectivity index (χ1n) is 11.9. The van der Waals surface area contributed by atoms with Crippen LogP contribution in [0.3, 0.4) is 0 Å². The van der Waals surface area contributed by atoms with E-state index in [9.17, 15) is 4.79 Å². The topological polar surface area (TPSA) is 40.5 Å². The summed E-state index contributed by atoms with van der Waals surface area (Å²) in [6, 6.07) is 12.4. The van der Waals surface area contributed by atoms with Gasteiger partial charge in [0, 0.05) is 40.8 Å². The maximum Gasteiger partial charge on any atom is 0.318 e. The average molecular weight is 481 g/mol.